The summed E-state index contributed by atoms with van der Waals surface area (Å²) >= 11 is 4.46. The molecule has 2 aromatic rings. The number of nitrogens with zero attached hydrogens (tertiary/aromatic N) is 3. The summed E-state index contributed by atoms with van der Waals surface area (Å²) in [6.07, 6.45) is 0.363. The van der Waals surface area contributed by atoms with Crippen LogP contribution in [0.5, 0.6) is 0 Å². The molecular weight excluding hydrogens is 426 g/mol. The van der Waals surface area contributed by atoms with Gasteiger partial charge in [-0.3, -0.25) is 14.5 Å². The lowest BCUT2D eigenvalue weighted by atomic mass is 10.3. The number of anilines is 2. The van der Waals surface area contributed by atoms with E-state index in [1.54, 1.807) is 42.6 Å². The van der Waals surface area contributed by atoms with Crippen LogP contribution >= 0.6 is 34.9 Å². The highest BCUT2D eigenvalue weighted by molar-refractivity contribution is 8.39. The minimum Gasteiger partial charge on any atom is -0.326 e. The third-order valence-corrected chi connectivity index (χ3v) is 7.80. The highest BCUT2D eigenvalue weighted by atomic mass is 32.2. The molecule has 0 unspecified atom stereocenters. The zero-order valence-corrected chi connectivity index (χ0v) is 17.6. The van der Waals surface area contributed by atoms with E-state index in [2.05, 4.69) is 25.2 Å². The van der Waals surface area contributed by atoms with E-state index < -0.39 is 10.0 Å². The molecule has 12 heteroatoms. The Morgan fingerprint density at radius 2 is 2.04 bits per heavy atom. The normalized spacial score (nSPS) is 14.0. The van der Waals surface area contributed by atoms with Gasteiger partial charge in [-0.2, -0.15) is 0 Å². The number of thioether (sulfide) groups is 2. The number of benzene rings is 1. The summed E-state index contributed by atoms with van der Waals surface area (Å²) < 4.78 is 28.1. The van der Waals surface area contributed by atoms with Crippen molar-refractivity contribution in [2.75, 3.05) is 28.1 Å². The Morgan fingerprint density at radius 3 is 2.67 bits per heavy atom. The van der Waals surface area contributed by atoms with Crippen LogP contribution in [0.15, 0.2) is 34.2 Å². The molecule has 1 aliphatic heterocycles. The summed E-state index contributed by atoms with van der Waals surface area (Å²) in [5.41, 5.74) is 0.545. The van der Waals surface area contributed by atoms with Crippen molar-refractivity contribution in [2.24, 2.45) is 4.99 Å². The second-order valence-corrected chi connectivity index (χ2v) is 10.7. The lowest BCUT2D eigenvalue weighted by Crippen LogP contribution is -2.14. The number of sulfonamides is 1. The minimum absolute atomic E-state index is 0.0835. The average Bonchev–Trinajstić information content (AvgIpc) is 3.27. The number of rotatable bonds is 7. The fourth-order valence-corrected chi connectivity index (χ4v) is 5.93. The number of aliphatic imine (C=N–C) groups is 1. The van der Waals surface area contributed by atoms with Crippen LogP contribution in [-0.2, 0) is 14.8 Å². The monoisotopic (exact) mass is 443 g/mol. The highest BCUT2D eigenvalue weighted by Crippen LogP contribution is 2.23. The van der Waals surface area contributed by atoms with Crippen molar-refractivity contribution in [2.45, 2.75) is 18.2 Å². The van der Waals surface area contributed by atoms with Gasteiger partial charge in [0, 0.05) is 23.6 Å². The number of aromatic nitrogens is 2. The van der Waals surface area contributed by atoms with Crippen LogP contribution in [0.25, 0.3) is 0 Å². The smallest absolute Gasteiger partial charge is 0.263 e. The SMILES string of the molecule is Cc1nnc(NS(=O)(=O)c2ccc(NC(=O)CCSC3=NCCS3)cc2)s1. The van der Waals surface area contributed by atoms with Crippen LogP contribution in [0.2, 0.25) is 0 Å². The number of aryl methyl sites for hydroxylation is 1. The van der Waals surface area contributed by atoms with E-state index in [-0.39, 0.29) is 15.9 Å². The quantitative estimate of drug-likeness (QED) is 0.676. The Kier molecular flexibility index (Phi) is 6.73. The predicted molar refractivity (Wildman–Crippen MR) is 112 cm³/mol. The molecule has 0 atom stereocenters. The number of nitrogens with one attached hydrogen (secondary N) is 2. The molecule has 0 saturated heterocycles. The predicted octanol–water partition coefficient (Wildman–Crippen LogP) is 2.81. The first-order valence-electron chi connectivity index (χ1n) is 7.95. The van der Waals surface area contributed by atoms with Crippen molar-refractivity contribution in [3.8, 4) is 0 Å². The molecule has 3 rings (SSSR count). The molecule has 2 heterocycles. The molecule has 0 radical (unpaired) electrons. The van der Waals surface area contributed by atoms with Crippen molar-refractivity contribution >= 4 is 66.0 Å². The number of carbonyl (C=O) groups excluding carboxylic acids is 1. The van der Waals surface area contributed by atoms with Crippen LogP contribution in [0.4, 0.5) is 10.8 Å². The van der Waals surface area contributed by atoms with Crippen LogP contribution < -0.4 is 10.0 Å². The Labute approximate surface area is 169 Å². The Hall–Kier alpha value is -1.63. The highest BCUT2D eigenvalue weighted by Gasteiger charge is 2.16. The fourth-order valence-electron chi connectivity index (χ4n) is 2.09. The molecule has 27 heavy (non-hydrogen) atoms. The molecular formula is C15H17N5O3S4. The second kappa shape index (κ2) is 9.04. The van der Waals surface area contributed by atoms with Crippen molar-refractivity contribution in [3.63, 3.8) is 0 Å². The Bertz CT molecular complexity index is 941. The van der Waals surface area contributed by atoms with Crippen molar-refractivity contribution in [1.29, 1.82) is 0 Å². The average molecular weight is 444 g/mol. The minimum atomic E-state index is -3.74. The summed E-state index contributed by atoms with van der Waals surface area (Å²) in [5.74, 6) is 1.55. The van der Waals surface area contributed by atoms with Gasteiger partial charge < -0.3 is 5.32 Å². The lowest BCUT2D eigenvalue weighted by Gasteiger charge is -2.08. The Balaban J connectivity index is 1.52. The van der Waals surface area contributed by atoms with Crippen molar-refractivity contribution < 1.29 is 13.2 Å². The van der Waals surface area contributed by atoms with E-state index >= 15 is 0 Å². The van der Waals surface area contributed by atoms with Crippen LogP contribution in [0.1, 0.15) is 11.4 Å². The van der Waals surface area contributed by atoms with Gasteiger partial charge in [0.15, 0.2) is 0 Å². The van der Waals surface area contributed by atoms with Crippen molar-refractivity contribution in [1.82, 2.24) is 10.2 Å². The van der Waals surface area contributed by atoms with E-state index in [0.717, 1.165) is 28.0 Å². The number of carbonyl (C=O) groups is 1. The molecule has 2 N–H and O–H groups in total. The van der Waals surface area contributed by atoms with Gasteiger partial charge in [-0.25, -0.2) is 8.42 Å². The van der Waals surface area contributed by atoms with E-state index in [1.807, 2.05) is 0 Å². The first-order valence-corrected chi connectivity index (χ1v) is 12.2. The van der Waals surface area contributed by atoms with Gasteiger partial charge in [0.1, 0.15) is 9.38 Å². The standard InChI is InChI=1S/C15H17N5O3S4/c1-10-18-19-14(26-10)20-27(22,23)12-4-2-11(3-5-12)17-13(21)6-8-24-15-16-7-9-25-15/h2-5H,6-9H2,1H3,(H,17,21)(H,19,20). The van der Waals surface area contributed by atoms with Gasteiger partial charge in [0.05, 0.1) is 11.4 Å². The summed E-state index contributed by atoms with van der Waals surface area (Å²) in [4.78, 5) is 16.4. The van der Waals surface area contributed by atoms with Crippen molar-refractivity contribution in [3.05, 3.63) is 29.3 Å². The van der Waals surface area contributed by atoms with Crippen LogP contribution in [0.3, 0.4) is 0 Å². The maximum atomic E-state index is 12.3. The molecule has 0 saturated carbocycles. The third-order valence-electron chi connectivity index (χ3n) is 3.31. The van der Waals surface area contributed by atoms with Gasteiger partial charge >= 0.3 is 0 Å². The molecule has 1 aromatic carbocycles. The fraction of sp³-hybridized carbons (Fsp3) is 0.333. The number of amides is 1. The molecule has 1 amide bonds. The van der Waals surface area contributed by atoms with E-state index in [0.29, 0.717) is 22.9 Å². The van der Waals surface area contributed by atoms with Gasteiger partial charge in [-0.15, -0.1) is 10.2 Å². The summed E-state index contributed by atoms with van der Waals surface area (Å²) in [6.45, 7) is 2.59. The summed E-state index contributed by atoms with van der Waals surface area (Å²) in [5, 5.41) is 11.2. The van der Waals surface area contributed by atoms with Crippen LogP contribution in [0, 0.1) is 6.92 Å². The zero-order valence-electron chi connectivity index (χ0n) is 14.3. The molecule has 144 valence electrons. The van der Waals surface area contributed by atoms with Gasteiger partial charge in [0.25, 0.3) is 10.0 Å². The topological polar surface area (TPSA) is 113 Å². The second-order valence-electron chi connectivity index (χ2n) is 5.40. The Morgan fingerprint density at radius 1 is 1.26 bits per heavy atom. The number of hydrogen-bond donors (Lipinski definition) is 2. The molecule has 0 aliphatic carbocycles. The molecule has 0 spiro atoms. The zero-order chi connectivity index (χ0) is 19.3. The summed E-state index contributed by atoms with van der Waals surface area (Å²) in [6, 6.07) is 5.98. The molecule has 8 nitrogen and oxygen atoms in total. The lowest BCUT2D eigenvalue weighted by molar-refractivity contribution is -0.115. The first-order chi connectivity index (χ1) is 12.9. The summed E-state index contributed by atoms with van der Waals surface area (Å²) in [7, 11) is -3.74. The van der Waals surface area contributed by atoms with E-state index in [1.165, 1.54) is 12.1 Å². The third kappa shape index (κ3) is 5.92. The van der Waals surface area contributed by atoms with Gasteiger partial charge in [-0.1, -0.05) is 34.9 Å². The maximum Gasteiger partial charge on any atom is 0.263 e. The molecule has 1 aliphatic rings. The van der Waals surface area contributed by atoms with E-state index in [9.17, 15) is 13.2 Å². The van der Waals surface area contributed by atoms with Gasteiger partial charge in [0.2, 0.25) is 11.0 Å². The number of hydrogen-bond acceptors (Lipinski definition) is 9. The first kappa shape index (κ1) is 20.1. The maximum absolute atomic E-state index is 12.3. The molecule has 0 bridgehead atoms. The largest absolute Gasteiger partial charge is 0.326 e. The van der Waals surface area contributed by atoms with Crippen LogP contribution in [-0.4, -0.2) is 46.9 Å². The van der Waals surface area contributed by atoms with Gasteiger partial charge in [-0.05, 0) is 31.2 Å². The molecule has 0 fully saturated rings. The van der Waals surface area contributed by atoms with E-state index in [4.69, 9.17) is 0 Å². The molecule has 1 aromatic heterocycles.